The lowest BCUT2D eigenvalue weighted by atomic mass is 9.85. The third-order valence-electron chi connectivity index (χ3n) is 7.23. The predicted molar refractivity (Wildman–Crippen MR) is 149 cm³/mol. The molecule has 0 spiro atoms. The Balaban J connectivity index is 1.63. The third-order valence-corrected chi connectivity index (χ3v) is 8.01. The minimum Gasteiger partial charge on any atom is -0.496 e. The molecule has 2 aliphatic rings. The zero-order valence-corrected chi connectivity index (χ0v) is 23.4. The van der Waals surface area contributed by atoms with Crippen LogP contribution in [0.15, 0.2) is 42.5 Å². The van der Waals surface area contributed by atoms with Gasteiger partial charge in [0, 0.05) is 48.9 Å². The number of benzene rings is 2. The molecular weight excluding hydrogens is 470 g/mol. The summed E-state index contributed by atoms with van der Waals surface area (Å²) in [6.07, 6.45) is 1.61. The first-order chi connectivity index (χ1) is 16.9. The van der Waals surface area contributed by atoms with Crippen LogP contribution in [-0.4, -0.2) is 48.3 Å². The summed E-state index contributed by atoms with van der Waals surface area (Å²) in [6, 6.07) is 14.5. The lowest BCUT2D eigenvalue weighted by Gasteiger charge is -2.42. The van der Waals surface area contributed by atoms with Crippen LogP contribution in [0.4, 0.5) is 10.5 Å². The fourth-order valence-corrected chi connectivity index (χ4v) is 5.61. The molecule has 2 aromatic rings. The Morgan fingerprint density at radius 2 is 1.89 bits per heavy atom. The molecule has 0 saturated carbocycles. The standard InChI is InChI=1S/C29H39N3O3S/c1-28(2,3)35-27(33)32-15-11-14-22(25(32)19-12-9-8-10-13-19)30-18-20-16-21-23(17-24(20)34-7)31(6)26(36)29(21,4)5/h8-10,12-13,16-17,22,25,30H,11,14-15,18H2,1-7H3/t22-,25-/m0/s1. The van der Waals surface area contributed by atoms with Gasteiger partial charge in [0.15, 0.2) is 0 Å². The molecule has 4 rings (SSSR count). The number of methoxy groups -OCH3 is 1. The van der Waals surface area contributed by atoms with Gasteiger partial charge in [-0.15, -0.1) is 0 Å². The highest BCUT2D eigenvalue weighted by Crippen LogP contribution is 2.44. The minimum absolute atomic E-state index is 0.0726. The molecule has 2 atom stereocenters. The van der Waals surface area contributed by atoms with E-state index in [9.17, 15) is 4.79 Å². The maximum Gasteiger partial charge on any atom is 0.410 e. The zero-order valence-electron chi connectivity index (χ0n) is 22.6. The average molecular weight is 510 g/mol. The van der Waals surface area contributed by atoms with Crippen LogP contribution in [0.1, 0.15) is 70.2 Å². The first-order valence-electron chi connectivity index (χ1n) is 12.7. The number of piperidine rings is 1. The van der Waals surface area contributed by atoms with Gasteiger partial charge in [-0.05, 0) is 64.7 Å². The van der Waals surface area contributed by atoms with Gasteiger partial charge in [0.1, 0.15) is 11.4 Å². The van der Waals surface area contributed by atoms with E-state index in [1.165, 1.54) is 5.56 Å². The normalized spacial score (nSPS) is 21.4. The molecule has 2 aromatic carbocycles. The number of thiocarbonyl (C=S) groups is 1. The van der Waals surface area contributed by atoms with Gasteiger partial charge in [0.2, 0.25) is 0 Å². The number of hydrogen-bond donors (Lipinski definition) is 1. The molecule has 6 nitrogen and oxygen atoms in total. The van der Waals surface area contributed by atoms with Crippen molar-refractivity contribution >= 4 is 29.0 Å². The number of nitrogens with one attached hydrogen (secondary N) is 1. The van der Waals surface area contributed by atoms with Crippen molar-refractivity contribution in [2.45, 2.75) is 77.1 Å². The molecule has 1 amide bonds. The second-order valence-electron chi connectivity index (χ2n) is 11.3. The van der Waals surface area contributed by atoms with E-state index < -0.39 is 5.60 Å². The van der Waals surface area contributed by atoms with Crippen molar-refractivity contribution in [1.29, 1.82) is 0 Å². The van der Waals surface area contributed by atoms with Crippen LogP contribution < -0.4 is 15.0 Å². The molecule has 7 heteroatoms. The summed E-state index contributed by atoms with van der Waals surface area (Å²) in [5.74, 6) is 0.838. The summed E-state index contributed by atoms with van der Waals surface area (Å²) < 4.78 is 11.6. The summed E-state index contributed by atoms with van der Waals surface area (Å²) in [4.78, 5) is 18.1. The van der Waals surface area contributed by atoms with Crippen LogP contribution in [-0.2, 0) is 16.7 Å². The molecule has 194 valence electrons. The Morgan fingerprint density at radius 3 is 2.53 bits per heavy atom. The molecule has 2 aliphatic heterocycles. The summed E-state index contributed by atoms with van der Waals surface area (Å²) in [6.45, 7) is 11.4. The van der Waals surface area contributed by atoms with Crippen molar-refractivity contribution in [3.05, 3.63) is 59.2 Å². The van der Waals surface area contributed by atoms with Gasteiger partial charge < -0.3 is 19.7 Å². The largest absolute Gasteiger partial charge is 0.496 e. The Labute approximate surface area is 220 Å². The van der Waals surface area contributed by atoms with E-state index in [2.05, 4.69) is 48.3 Å². The molecule has 1 N–H and O–H groups in total. The summed E-state index contributed by atoms with van der Waals surface area (Å²) >= 11 is 5.74. The first kappa shape index (κ1) is 26.4. The van der Waals surface area contributed by atoms with Crippen LogP contribution in [0, 0.1) is 0 Å². The Morgan fingerprint density at radius 1 is 1.19 bits per heavy atom. The van der Waals surface area contributed by atoms with Gasteiger partial charge in [0.05, 0.1) is 18.1 Å². The van der Waals surface area contributed by atoms with Gasteiger partial charge in [-0.3, -0.25) is 4.90 Å². The SMILES string of the molecule is COc1cc2c(cc1CN[C@H]1CCCN(C(=O)OC(C)(C)C)[C@H]1c1ccccc1)C(C)(C)C(=S)N2C. The van der Waals surface area contributed by atoms with Gasteiger partial charge in [-0.1, -0.05) is 42.5 Å². The van der Waals surface area contributed by atoms with E-state index in [0.29, 0.717) is 13.1 Å². The topological polar surface area (TPSA) is 54.0 Å². The number of likely N-dealkylation sites (N-methyl/N-ethyl adjacent to an activating group) is 1. The van der Waals surface area contributed by atoms with E-state index in [0.717, 1.165) is 40.4 Å². The number of ether oxygens (including phenoxy) is 2. The Kier molecular flexibility index (Phi) is 7.35. The number of rotatable bonds is 5. The van der Waals surface area contributed by atoms with Crippen LogP contribution in [0.2, 0.25) is 0 Å². The molecular formula is C29H39N3O3S. The maximum absolute atomic E-state index is 13.2. The minimum atomic E-state index is -0.545. The number of carbonyl (C=O) groups excluding carboxylic acids is 1. The number of likely N-dealkylation sites (tertiary alicyclic amines) is 1. The number of carbonyl (C=O) groups is 1. The van der Waals surface area contributed by atoms with E-state index in [4.69, 9.17) is 21.7 Å². The number of hydrogen-bond acceptors (Lipinski definition) is 5. The Bertz CT molecular complexity index is 1130. The first-order valence-corrected chi connectivity index (χ1v) is 13.1. The van der Waals surface area contributed by atoms with E-state index in [1.807, 2.05) is 50.9 Å². The molecule has 36 heavy (non-hydrogen) atoms. The van der Waals surface area contributed by atoms with E-state index >= 15 is 0 Å². The van der Waals surface area contributed by atoms with Crippen molar-refractivity contribution in [3.63, 3.8) is 0 Å². The highest BCUT2D eigenvalue weighted by atomic mass is 32.1. The molecule has 1 saturated heterocycles. The second-order valence-corrected chi connectivity index (χ2v) is 11.7. The highest BCUT2D eigenvalue weighted by Gasteiger charge is 2.40. The number of nitrogens with zero attached hydrogens (tertiary/aromatic N) is 2. The molecule has 0 aliphatic carbocycles. The fourth-order valence-electron chi connectivity index (χ4n) is 5.40. The average Bonchev–Trinajstić information content (AvgIpc) is 3.00. The lowest BCUT2D eigenvalue weighted by molar-refractivity contribution is 0.00380. The van der Waals surface area contributed by atoms with E-state index in [1.54, 1.807) is 7.11 Å². The lowest BCUT2D eigenvalue weighted by Crippen LogP contribution is -2.51. The van der Waals surface area contributed by atoms with Crippen molar-refractivity contribution < 1.29 is 14.3 Å². The fraction of sp³-hybridized carbons (Fsp3) is 0.517. The summed E-state index contributed by atoms with van der Waals surface area (Å²) in [5.41, 5.74) is 3.74. The summed E-state index contributed by atoms with van der Waals surface area (Å²) in [5, 5.41) is 3.77. The third kappa shape index (κ3) is 5.09. The molecule has 0 aromatic heterocycles. The van der Waals surface area contributed by atoms with Gasteiger partial charge in [-0.25, -0.2) is 4.79 Å². The quantitative estimate of drug-likeness (QED) is 0.501. The molecule has 0 unspecified atom stereocenters. The van der Waals surface area contributed by atoms with Crippen LogP contribution in [0.25, 0.3) is 0 Å². The molecule has 0 bridgehead atoms. The Hall–Kier alpha value is -2.64. The van der Waals surface area contributed by atoms with Gasteiger partial charge in [0.25, 0.3) is 0 Å². The van der Waals surface area contributed by atoms with E-state index in [-0.39, 0.29) is 23.6 Å². The molecule has 2 heterocycles. The molecule has 1 fully saturated rings. The van der Waals surface area contributed by atoms with Crippen molar-refractivity contribution in [1.82, 2.24) is 10.2 Å². The van der Waals surface area contributed by atoms with Gasteiger partial charge >= 0.3 is 6.09 Å². The van der Waals surface area contributed by atoms with Crippen molar-refractivity contribution in [2.75, 3.05) is 25.6 Å². The number of amides is 1. The predicted octanol–water partition coefficient (Wildman–Crippen LogP) is 5.98. The zero-order chi connectivity index (χ0) is 26.3. The second kappa shape index (κ2) is 10.0. The van der Waals surface area contributed by atoms with Crippen LogP contribution in [0.3, 0.4) is 0 Å². The van der Waals surface area contributed by atoms with Crippen LogP contribution >= 0.6 is 12.2 Å². The number of anilines is 1. The van der Waals surface area contributed by atoms with Crippen molar-refractivity contribution in [2.24, 2.45) is 0 Å². The van der Waals surface area contributed by atoms with Gasteiger partial charge in [-0.2, -0.15) is 0 Å². The number of fused-ring (bicyclic) bond motifs is 1. The summed E-state index contributed by atoms with van der Waals surface area (Å²) in [7, 11) is 3.73. The van der Waals surface area contributed by atoms with Crippen molar-refractivity contribution in [3.8, 4) is 5.75 Å². The highest BCUT2D eigenvalue weighted by molar-refractivity contribution is 7.80. The van der Waals surface area contributed by atoms with Crippen LogP contribution in [0.5, 0.6) is 5.75 Å². The molecule has 0 radical (unpaired) electrons. The maximum atomic E-state index is 13.2. The smallest absolute Gasteiger partial charge is 0.410 e. The monoisotopic (exact) mass is 509 g/mol.